The Morgan fingerprint density at radius 3 is 2.39 bits per heavy atom. The van der Waals surface area contributed by atoms with E-state index in [1.807, 2.05) is 0 Å². The Kier molecular flexibility index (Phi) is 5.46. The Balaban J connectivity index is 1.46. The highest BCUT2D eigenvalue weighted by Gasteiger charge is 2.34. The van der Waals surface area contributed by atoms with Crippen LogP contribution in [-0.2, 0) is 16.4 Å². The van der Waals surface area contributed by atoms with Crippen LogP contribution in [0.25, 0.3) is 0 Å². The Hall–Kier alpha value is -3.31. The van der Waals surface area contributed by atoms with Crippen LogP contribution in [0.15, 0.2) is 47.4 Å². The lowest BCUT2D eigenvalue weighted by molar-refractivity contribution is 0.0656. The van der Waals surface area contributed by atoms with Gasteiger partial charge in [0.25, 0.3) is 21.8 Å². The van der Waals surface area contributed by atoms with Gasteiger partial charge in [0.15, 0.2) is 0 Å². The zero-order valence-corrected chi connectivity index (χ0v) is 18.3. The molecule has 1 aromatic heterocycles. The van der Waals surface area contributed by atoms with E-state index in [0.717, 1.165) is 21.8 Å². The summed E-state index contributed by atoms with van der Waals surface area (Å²) < 4.78 is 33.1. The molecule has 0 saturated heterocycles. The van der Waals surface area contributed by atoms with Crippen LogP contribution >= 0.6 is 11.3 Å². The fourth-order valence-corrected chi connectivity index (χ4v) is 5.42. The number of benzene rings is 2. The van der Waals surface area contributed by atoms with Crippen LogP contribution < -0.4 is 9.46 Å². The number of aromatic nitrogens is 2. The van der Waals surface area contributed by atoms with E-state index in [4.69, 9.17) is 4.74 Å². The van der Waals surface area contributed by atoms with E-state index in [9.17, 15) is 18.0 Å². The van der Waals surface area contributed by atoms with Crippen molar-refractivity contribution in [3.63, 3.8) is 0 Å². The minimum absolute atomic E-state index is 0.00206. The van der Waals surface area contributed by atoms with E-state index in [1.54, 1.807) is 43.3 Å². The van der Waals surface area contributed by atoms with Crippen molar-refractivity contribution in [2.45, 2.75) is 18.2 Å². The first-order valence-corrected chi connectivity index (χ1v) is 11.5. The topological polar surface area (TPSA) is 119 Å². The number of carbonyl (C=O) groups excluding carboxylic acids is 2. The number of hydrogen-bond donors (Lipinski definition) is 1. The highest BCUT2D eigenvalue weighted by Crippen LogP contribution is 2.28. The maximum absolute atomic E-state index is 12.8. The van der Waals surface area contributed by atoms with Gasteiger partial charge in [0.1, 0.15) is 15.7 Å². The van der Waals surface area contributed by atoms with Crippen molar-refractivity contribution in [1.29, 1.82) is 0 Å². The molecule has 1 N–H and O–H groups in total. The number of fused-ring (bicyclic) bond motifs is 1. The molecule has 0 atom stereocenters. The average Bonchev–Trinajstić information content (AvgIpc) is 3.29. The number of aryl methyl sites for hydroxylation is 1. The molecular weight excluding hydrogens is 440 g/mol. The molecule has 2 heterocycles. The molecule has 3 aromatic rings. The summed E-state index contributed by atoms with van der Waals surface area (Å²) in [5, 5.41) is 8.43. The zero-order chi connectivity index (χ0) is 22.2. The van der Waals surface area contributed by atoms with Gasteiger partial charge in [0.05, 0.1) is 18.2 Å². The summed E-state index contributed by atoms with van der Waals surface area (Å²) in [4.78, 5) is 26.0. The predicted octanol–water partition coefficient (Wildman–Crippen LogP) is 2.49. The van der Waals surface area contributed by atoms with Gasteiger partial charge in [-0.1, -0.05) is 29.5 Å². The molecule has 0 unspecified atom stereocenters. The SMILES string of the molecule is COc1ccc(C)cc1S(=O)(=O)Nc1nnc(CCN2C(=O)c3ccccc3C2=O)s1. The van der Waals surface area contributed by atoms with Crippen molar-refractivity contribution in [1.82, 2.24) is 15.1 Å². The fraction of sp³-hybridized carbons (Fsp3) is 0.200. The summed E-state index contributed by atoms with van der Waals surface area (Å²) in [5.41, 5.74) is 1.52. The van der Waals surface area contributed by atoms with Gasteiger partial charge >= 0.3 is 0 Å². The third-order valence-electron chi connectivity index (χ3n) is 4.72. The van der Waals surface area contributed by atoms with Crippen molar-refractivity contribution in [3.05, 3.63) is 64.2 Å². The van der Waals surface area contributed by atoms with Crippen LogP contribution in [0.1, 0.15) is 31.3 Å². The van der Waals surface area contributed by atoms with Gasteiger partial charge in [-0.3, -0.25) is 19.2 Å². The second-order valence-corrected chi connectivity index (χ2v) is 9.53. The molecule has 11 heteroatoms. The molecule has 2 amide bonds. The second-order valence-electron chi connectivity index (χ2n) is 6.82. The lowest BCUT2D eigenvalue weighted by Gasteiger charge is -2.12. The normalized spacial score (nSPS) is 13.4. The Labute approximate surface area is 182 Å². The number of carbonyl (C=O) groups is 2. The summed E-state index contributed by atoms with van der Waals surface area (Å²) in [6.45, 7) is 1.90. The molecule has 0 radical (unpaired) electrons. The van der Waals surface area contributed by atoms with Crippen LogP contribution in [-0.4, -0.2) is 49.0 Å². The van der Waals surface area contributed by atoms with Gasteiger partial charge in [-0.2, -0.15) is 0 Å². The van der Waals surface area contributed by atoms with Crippen molar-refractivity contribution in [2.75, 3.05) is 18.4 Å². The van der Waals surface area contributed by atoms with Gasteiger partial charge < -0.3 is 4.74 Å². The van der Waals surface area contributed by atoms with E-state index >= 15 is 0 Å². The van der Waals surface area contributed by atoms with E-state index in [2.05, 4.69) is 14.9 Å². The smallest absolute Gasteiger partial charge is 0.267 e. The fourth-order valence-electron chi connectivity index (χ4n) is 3.21. The number of ether oxygens (including phenoxy) is 1. The van der Waals surface area contributed by atoms with Crippen LogP contribution in [0.2, 0.25) is 0 Å². The summed E-state index contributed by atoms with van der Waals surface area (Å²) in [5.74, 6) is -0.483. The molecule has 0 saturated carbocycles. The summed E-state index contributed by atoms with van der Waals surface area (Å²) in [6.07, 6.45) is 0.263. The number of amides is 2. The molecule has 4 rings (SSSR count). The van der Waals surface area contributed by atoms with Crippen LogP contribution in [0.5, 0.6) is 5.75 Å². The number of sulfonamides is 1. The molecule has 1 aliphatic heterocycles. The second kappa shape index (κ2) is 8.08. The minimum Gasteiger partial charge on any atom is -0.495 e. The van der Waals surface area contributed by atoms with E-state index < -0.39 is 10.0 Å². The van der Waals surface area contributed by atoms with E-state index in [0.29, 0.717) is 16.1 Å². The van der Waals surface area contributed by atoms with Crippen molar-refractivity contribution in [3.8, 4) is 5.75 Å². The summed E-state index contributed by atoms with van der Waals surface area (Å²) in [7, 11) is -2.54. The highest BCUT2D eigenvalue weighted by molar-refractivity contribution is 7.93. The first-order valence-electron chi connectivity index (χ1n) is 9.25. The number of hydrogen-bond acceptors (Lipinski definition) is 8. The van der Waals surface area contributed by atoms with Crippen molar-refractivity contribution < 1.29 is 22.7 Å². The first kappa shape index (κ1) is 20.9. The number of methoxy groups -OCH3 is 1. The zero-order valence-electron chi connectivity index (χ0n) is 16.7. The number of anilines is 1. The summed E-state index contributed by atoms with van der Waals surface area (Å²) in [6, 6.07) is 11.5. The molecule has 2 aromatic carbocycles. The van der Waals surface area contributed by atoms with Crippen LogP contribution in [0.4, 0.5) is 5.13 Å². The quantitative estimate of drug-likeness (QED) is 0.540. The van der Waals surface area contributed by atoms with Gasteiger partial charge in [-0.15, -0.1) is 10.2 Å². The van der Waals surface area contributed by atoms with Gasteiger partial charge in [-0.05, 0) is 36.8 Å². The molecule has 9 nitrogen and oxygen atoms in total. The molecular formula is C20H18N4O5S2. The molecule has 0 bridgehead atoms. The van der Waals surface area contributed by atoms with Gasteiger partial charge in [-0.25, -0.2) is 8.42 Å². The third-order valence-corrected chi connectivity index (χ3v) is 7.11. The highest BCUT2D eigenvalue weighted by atomic mass is 32.2. The van der Waals surface area contributed by atoms with Crippen molar-refractivity contribution in [2.24, 2.45) is 0 Å². The maximum atomic E-state index is 12.8. The Morgan fingerprint density at radius 2 is 1.74 bits per heavy atom. The standard InChI is InChI=1S/C20H18N4O5S2/c1-12-7-8-15(29-2)16(11-12)31(27,28)23-20-22-21-17(30-20)9-10-24-18(25)13-5-3-4-6-14(13)19(24)26/h3-8,11H,9-10H2,1-2H3,(H,22,23). The summed E-state index contributed by atoms with van der Waals surface area (Å²) >= 11 is 1.04. The average molecular weight is 459 g/mol. The third kappa shape index (κ3) is 4.01. The predicted molar refractivity (Wildman–Crippen MR) is 114 cm³/mol. The number of rotatable bonds is 7. The number of nitrogens with one attached hydrogen (secondary N) is 1. The number of imide groups is 1. The lowest BCUT2D eigenvalue weighted by Crippen LogP contribution is -2.31. The number of nitrogens with zero attached hydrogens (tertiary/aromatic N) is 3. The first-order chi connectivity index (χ1) is 14.8. The van der Waals surface area contributed by atoms with Crippen LogP contribution in [0.3, 0.4) is 0 Å². The molecule has 31 heavy (non-hydrogen) atoms. The Morgan fingerprint density at radius 1 is 1.06 bits per heavy atom. The van der Waals surface area contributed by atoms with E-state index in [-0.39, 0.29) is 40.6 Å². The monoisotopic (exact) mass is 458 g/mol. The van der Waals surface area contributed by atoms with Gasteiger partial charge in [0, 0.05) is 13.0 Å². The maximum Gasteiger partial charge on any atom is 0.267 e. The van der Waals surface area contributed by atoms with E-state index in [1.165, 1.54) is 13.2 Å². The molecule has 0 aliphatic carbocycles. The Bertz CT molecular complexity index is 1250. The van der Waals surface area contributed by atoms with Crippen LogP contribution in [0, 0.1) is 6.92 Å². The molecule has 0 spiro atoms. The molecule has 1 aliphatic rings. The largest absolute Gasteiger partial charge is 0.495 e. The van der Waals surface area contributed by atoms with Crippen molar-refractivity contribution >= 4 is 38.3 Å². The van der Waals surface area contributed by atoms with Gasteiger partial charge in [0.2, 0.25) is 5.13 Å². The lowest BCUT2D eigenvalue weighted by atomic mass is 10.1. The molecule has 0 fully saturated rings. The minimum atomic E-state index is -3.94. The molecule has 160 valence electrons.